The summed E-state index contributed by atoms with van der Waals surface area (Å²) in [6, 6.07) is 8.57. The first-order valence-electron chi connectivity index (χ1n) is 10.3. The molecule has 1 aromatic heterocycles. The second-order valence-electron chi connectivity index (χ2n) is 8.55. The molecule has 1 aliphatic rings. The van der Waals surface area contributed by atoms with E-state index in [0.29, 0.717) is 0 Å². The van der Waals surface area contributed by atoms with Gasteiger partial charge in [-0.05, 0) is 43.7 Å². The van der Waals surface area contributed by atoms with E-state index in [9.17, 15) is 0 Å². The van der Waals surface area contributed by atoms with E-state index in [-0.39, 0.29) is 11.6 Å². The Bertz CT molecular complexity index is 745. The third-order valence-electron chi connectivity index (χ3n) is 5.42. The maximum Gasteiger partial charge on any atom is 0.168 e. The number of rotatable bonds is 7. The van der Waals surface area contributed by atoms with Crippen molar-refractivity contribution in [3.05, 3.63) is 35.7 Å². The van der Waals surface area contributed by atoms with Crippen molar-refractivity contribution in [2.45, 2.75) is 58.7 Å². The number of piperazine rings is 1. The van der Waals surface area contributed by atoms with Gasteiger partial charge in [0, 0.05) is 38.3 Å². The number of methoxy groups -OCH3 is 1. The summed E-state index contributed by atoms with van der Waals surface area (Å²) in [7, 11) is 1.74. The molecule has 154 valence electrons. The Morgan fingerprint density at radius 3 is 2.46 bits per heavy atom. The van der Waals surface area contributed by atoms with Crippen LogP contribution in [-0.2, 0) is 12.1 Å². The van der Waals surface area contributed by atoms with Crippen LogP contribution in [0.3, 0.4) is 0 Å². The zero-order valence-corrected chi connectivity index (χ0v) is 17.9. The molecule has 1 atom stereocenters. The molecule has 0 N–H and O–H groups in total. The average Bonchev–Trinajstić information content (AvgIpc) is 3.17. The number of hydrogen-bond acceptors (Lipinski definition) is 6. The summed E-state index contributed by atoms with van der Waals surface area (Å²) in [5.41, 5.74) is 1.14. The fourth-order valence-corrected chi connectivity index (χ4v) is 3.94. The van der Waals surface area contributed by atoms with Gasteiger partial charge in [-0.15, -0.1) is 5.10 Å². The summed E-state index contributed by atoms with van der Waals surface area (Å²) in [5.74, 6) is 1.96. The van der Waals surface area contributed by atoms with Crippen molar-refractivity contribution in [1.29, 1.82) is 0 Å². The van der Waals surface area contributed by atoms with Crippen molar-refractivity contribution >= 4 is 0 Å². The lowest BCUT2D eigenvalue weighted by Gasteiger charge is -2.39. The molecule has 2 heterocycles. The van der Waals surface area contributed by atoms with E-state index in [2.05, 4.69) is 65.2 Å². The van der Waals surface area contributed by atoms with Gasteiger partial charge in [-0.25, -0.2) is 4.68 Å². The summed E-state index contributed by atoms with van der Waals surface area (Å²) in [6.07, 6.45) is 2.19. The predicted octanol–water partition coefficient (Wildman–Crippen LogP) is 3.10. The van der Waals surface area contributed by atoms with Gasteiger partial charge in [0.2, 0.25) is 0 Å². The Labute approximate surface area is 168 Å². The Morgan fingerprint density at radius 1 is 1.11 bits per heavy atom. The van der Waals surface area contributed by atoms with Crippen molar-refractivity contribution in [1.82, 2.24) is 30.0 Å². The second kappa shape index (κ2) is 9.01. The summed E-state index contributed by atoms with van der Waals surface area (Å²) >= 11 is 0. The van der Waals surface area contributed by atoms with Gasteiger partial charge < -0.3 is 4.74 Å². The van der Waals surface area contributed by atoms with Crippen LogP contribution in [0.25, 0.3) is 0 Å². The molecule has 0 bridgehead atoms. The fourth-order valence-electron chi connectivity index (χ4n) is 3.94. The van der Waals surface area contributed by atoms with E-state index in [1.807, 2.05) is 16.8 Å². The van der Waals surface area contributed by atoms with Crippen molar-refractivity contribution in [3.63, 3.8) is 0 Å². The number of hydrogen-bond donors (Lipinski definition) is 0. The van der Waals surface area contributed by atoms with Crippen molar-refractivity contribution < 1.29 is 4.74 Å². The molecular weight excluding hydrogens is 352 g/mol. The van der Waals surface area contributed by atoms with Crippen LogP contribution in [-0.4, -0.2) is 63.3 Å². The molecule has 28 heavy (non-hydrogen) atoms. The van der Waals surface area contributed by atoms with Crippen LogP contribution in [0.2, 0.25) is 0 Å². The van der Waals surface area contributed by atoms with Crippen LogP contribution in [0.1, 0.15) is 58.0 Å². The molecule has 0 aliphatic carbocycles. The van der Waals surface area contributed by atoms with Gasteiger partial charge in [0.15, 0.2) is 5.82 Å². The van der Waals surface area contributed by atoms with Crippen LogP contribution >= 0.6 is 0 Å². The van der Waals surface area contributed by atoms with Crippen molar-refractivity contribution in [2.24, 2.45) is 0 Å². The lowest BCUT2D eigenvalue weighted by atomic mass is 10.0. The van der Waals surface area contributed by atoms with Crippen LogP contribution in [0, 0.1) is 0 Å². The van der Waals surface area contributed by atoms with Crippen LogP contribution < -0.4 is 4.74 Å². The molecule has 1 aliphatic heterocycles. The van der Waals surface area contributed by atoms with Crippen LogP contribution in [0.15, 0.2) is 24.3 Å². The minimum absolute atomic E-state index is 0.115. The topological polar surface area (TPSA) is 59.3 Å². The monoisotopic (exact) mass is 386 g/mol. The molecule has 0 radical (unpaired) electrons. The highest BCUT2D eigenvalue weighted by atomic mass is 16.5. The number of ether oxygens (including phenoxy) is 1. The predicted molar refractivity (Wildman–Crippen MR) is 110 cm³/mol. The Morgan fingerprint density at radius 2 is 1.82 bits per heavy atom. The zero-order valence-electron chi connectivity index (χ0n) is 17.9. The Hall–Kier alpha value is -1.99. The van der Waals surface area contributed by atoms with Gasteiger partial charge in [0.05, 0.1) is 18.7 Å². The van der Waals surface area contributed by atoms with E-state index in [0.717, 1.165) is 57.1 Å². The number of aromatic nitrogens is 4. The van der Waals surface area contributed by atoms with E-state index in [4.69, 9.17) is 4.74 Å². The molecule has 1 aromatic carbocycles. The minimum Gasteiger partial charge on any atom is -0.496 e. The summed E-state index contributed by atoms with van der Waals surface area (Å²) in [4.78, 5) is 5.06. The standard InChI is InChI=1S/C21H34N6O/c1-6-9-18(20-22-23-24-27(20)21(2,3)4)26-14-12-25(13-15-26)16-17-10-7-8-11-19(17)28-5/h7-8,10-11,18H,6,9,12-16H2,1-5H3/t18-/m1/s1. The molecular formula is C21H34N6O. The fraction of sp³-hybridized carbons (Fsp3) is 0.667. The maximum absolute atomic E-state index is 5.51. The number of para-hydroxylation sites is 1. The third kappa shape index (κ3) is 4.70. The lowest BCUT2D eigenvalue weighted by Crippen LogP contribution is -2.48. The molecule has 3 rings (SSSR count). The van der Waals surface area contributed by atoms with E-state index >= 15 is 0 Å². The minimum atomic E-state index is -0.115. The maximum atomic E-state index is 5.51. The lowest BCUT2D eigenvalue weighted by molar-refractivity contribution is 0.0791. The van der Waals surface area contributed by atoms with Crippen LogP contribution in [0.4, 0.5) is 0 Å². The highest BCUT2D eigenvalue weighted by Gasteiger charge is 2.31. The first kappa shape index (κ1) is 20.7. The second-order valence-corrected chi connectivity index (χ2v) is 8.55. The molecule has 0 unspecified atom stereocenters. The molecule has 1 fully saturated rings. The van der Waals surface area contributed by atoms with E-state index < -0.39 is 0 Å². The number of tetrazole rings is 1. The molecule has 7 heteroatoms. The molecule has 7 nitrogen and oxygen atoms in total. The zero-order chi connectivity index (χ0) is 20.1. The van der Waals surface area contributed by atoms with Gasteiger partial charge >= 0.3 is 0 Å². The highest BCUT2D eigenvalue weighted by molar-refractivity contribution is 5.33. The normalized spacial score (nSPS) is 17.6. The Kier molecular flexibility index (Phi) is 6.67. The number of nitrogens with zero attached hydrogens (tertiary/aromatic N) is 6. The number of benzene rings is 1. The smallest absolute Gasteiger partial charge is 0.168 e. The van der Waals surface area contributed by atoms with E-state index in [1.165, 1.54) is 5.56 Å². The molecule has 0 amide bonds. The average molecular weight is 387 g/mol. The summed E-state index contributed by atoms with van der Waals surface area (Å²) in [5, 5.41) is 12.7. The Balaban J connectivity index is 1.67. The van der Waals surface area contributed by atoms with Gasteiger partial charge in [-0.3, -0.25) is 9.80 Å². The first-order chi connectivity index (χ1) is 13.4. The quantitative estimate of drug-likeness (QED) is 0.729. The molecule has 1 saturated heterocycles. The van der Waals surface area contributed by atoms with Gasteiger partial charge in [-0.2, -0.15) is 0 Å². The van der Waals surface area contributed by atoms with Crippen molar-refractivity contribution in [3.8, 4) is 5.75 Å². The van der Waals surface area contributed by atoms with Crippen molar-refractivity contribution in [2.75, 3.05) is 33.3 Å². The van der Waals surface area contributed by atoms with Gasteiger partial charge in [0.25, 0.3) is 0 Å². The third-order valence-corrected chi connectivity index (χ3v) is 5.42. The van der Waals surface area contributed by atoms with Crippen LogP contribution in [0.5, 0.6) is 5.75 Å². The van der Waals surface area contributed by atoms with Gasteiger partial charge in [0.1, 0.15) is 5.75 Å². The first-order valence-corrected chi connectivity index (χ1v) is 10.3. The molecule has 2 aromatic rings. The largest absolute Gasteiger partial charge is 0.496 e. The van der Waals surface area contributed by atoms with E-state index in [1.54, 1.807) is 7.11 Å². The van der Waals surface area contributed by atoms with Gasteiger partial charge in [-0.1, -0.05) is 31.5 Å². The molecule has 0 saturated carbocycles. The summed E-state index contributed by atoms with van der Waals surface area (Å²) < 4.78 is 7.50. The summed E-state index contributed by atoms with van der Waals surface area (Å²) in [6.45, 7) is 13.7. The molecule has 0 spiro atoms. The highest BCUT2D eigenvalue weighted by Crippen LogP contribution is 2.28. The SMILES string of the molecule is CCC[C@H](c1nnnn1C(C)(C)C)N1CCN(Cc2ccccc2OC)CC1.